The Kier molecular flexibility index (Phi) is 27.9. The first kappa shape index (κ1) is 42.9. The van der Waals surface area contributed by atoms with Gasteiger partial charge in [-0.25, -0.2) is 0 Å². The summed E-state index contributed by atoms with van der Waals surface area (Å²) >= 11 is 3.07. The van der Waals surface area contributed by atoms with Gasteiger partial charge in [0.15, 0.2) is 0 Å². The number of nitrogens with one attached hydrogen (secondary N) is 4. The number of ether oxygens (including phenoxy) is 4. The summed E-state index contributed by atoms with van der Waals surface area (Å²) in [5.74, 6) is -1.20. The molecule has 5 N–H and O–H groups in total. The van der Waals surface area contributed by atoms with E-state index >= 15 is 0 Å². The van der Waals surface area contributed by atoms with Crippen LogP contribution in [0, 0.1) is 0 Å². The number of aliphatic carboxylic acids is 1. The van der Waals surface area contributed by atoms with Crippen molar-refractivity contribution >= 4 is 53.1 Å². The second-order valence-corrected chi connectivity index (χ2v) is 13.4. The standard InChI is InChI=1S/C29H54N4O10S2/c1-22(2)44-20-26(35)30-9-5-6-24(33-27(36)21-45-23(3)4)29(39)32-11-13-41-15-17-43-19-18-42-16-14-40-12-10-31-25(34)7-8-28(37)38/h22-24H,5-21H2,1-4H3,(H,30,35)(H,31,34)(H,32,39)(H,33,36)(H,37,38)/t24-/m0/s1. The maximum atomic E-state index is 12.8. The molecular weight excluding hydrogens is 628 g/mol. The summed E-state index contributed by atoms with van der Waals surface area (Å²) in [5, 5.41) is 20.3. The zero-order chi connectivity index (χ0) is 33.7. The first-order valence-corrected chi connectivity index (χ1v) is 17.5. The maximum absolute atomic E-state index is 12.8. The Bertz CT molecular complexity index is 837. The molecule has 0 aliphatic rings. The summed E-state index contributed by atoms with van der Waals surface area (Å²) in [6, 6.07) is -0.697. The molecule has 0 aromatic rings. The molecule has 16 heteroatoms. The largest absolute Gasteiger partial charge is 0.481 e. The lowest BCUT2D eigenvalue weighted by molar-refractivity contribution is -0.138. The van der Waals surface area contributed by atoms with E-state index < -0.39 is 12.0 Å². The van der Waals surface area contributed by atoms with E-state index in [1.54, 1.807) is 11.8 Å². The van der Waals surface area contributed by atoms with Crippen LogP contribution >= 0.6 is 23.5 Å². The van der Waals surface area contributed by atoms with E-state index in [9.17, 15) is 24.0 Å². The topological polar surface area (TPSA) is 191 Å². The highest BCUT2D eigenvalue weighted by Gasteiger charge is 2.20. The third-order valence-corrected chi connectivity index (χ3v) is 7.73. The lowest BCUT2D eigenvalue weighted by atomic mass is 10.1. The van der Waals surface area contributed by atoms with Gasteiger partial charge in [-0.3, -0.25) is 24.0 Å². The normalized spacial score (nSPS) is 11.8. The molecule has 4 amide bonds. The second-order valence-electron chi connectivity index (χ2n) is 10.3. The Balaban J connectivity index is 3.96. The predicted molar refractivity (Wildman–Crippen MR) is 176 cm³/mol. The Morgan fingerprint density at radius 1 is 0.600 bits per heavy atom. The molecule has 0 unspecified atom stereocenters. The van der Waals surface area contributed by atoms with Gasteiger partial charge in [0.2, 0.25) is 23.6 Å². The molecule has 0 aliphatic heterocycles. The van der Waals surface area contributed by atoms with Gasteiger partial charge in [0, 0.05) is 26.1 Å². The number of hydrogen-bond acceptors (Lipinski definition) is 11. The zero-order valence-corrected chi connectivity index (χ0v) is 28.8. The van der Waals surface area contributed by atoms with Crippen molar-refractivity contribution in [3.8, 4) is 0 Å². The zero-order valence-electron chi connectivity index (χ0n) is 27.2. The van der Waals surface area contributed by atoms with Crippen molar-refractivity contribution in [2.24, 2.45) is 0 Å². The second kappa shape index (κ2) is 29.3. The van der Waals surface area contributed by atoms with Crippen LogP contribution in [0.25, 0.3) is 0 Å². The molecular formula is C29H54N4O10S2. The minimum absolute atomic E-state index is 0.0419. The van der Waals surface area contributed by atoms with E-state index in [4.69, 9.17) is 24.1 Å². The highest BCUT2D eigenvalue weighted by molar-refractivity contribution is 8.00. The van der Waals surface area contributed by atoms with Crippen LogP contribution in [0.5, 0.6) is 0 Å². The number of carboxylic acids is 1. The first-order valence-electron chi connectivity index (χ1n) is 15.4. The van der Waals surface area contributed by atoms with Gasteiger partial charge >= 0.3 is 5.97 Å². The minimum Gasteiger partial charge on any atom is -0.481 e. The molecule has 1 atom stereocenters. The average molecular weight is 683 g/mol. The van der Waals surface area contributed by atoms with Crippen LogP contribution < -0.4 is 21.3 Å². The third-order valence-electron chi connectivity index (χ3n) is 5.54. The number of thioether (sulfide) groups is 2. The van der Waals surface area contributed by atoms with Gasteiger partial charge in [0.05, 0.1) is 70.8 Å². The number of hydrogen-bond donors (Lipinski definition) is 5. The van der Waals surface area contributed by atoms with Crippen LogP contribution in [0.3, 0.4) is 0 Å². The van der Waals surface area contributed by atoms with E-state index in [-0.39, 0.29) is 55.4 Å². The van der Waals surface area contributed by atoms with Crippen LogP contribution in [0.2, 0.25) is 0 Å². The molecule has 0 rings (SSSR count). The van der Waals surface area contributed by atoms with Crippen molar-refractivity contribution in [1.29, 1.82) is 0 Å². The van der Waals surface area contributed by atoms with Gasteiger partial charge in [-0.15, -0.1) is 23.5 Å². The quantitative estimate of drug-likeness (QED) is 0.0672. The first-order chi connectivity index (χ1) is 21.5. The number of amides is 4. The molecule has 0 spiro atoms. The molecule has 0 fully saturated rings. The molecule has 0 saturated heterocycles. The van der Waals surface area contributed by atoms with Crippen LogP contribution in [0.4, 0.5) is 0 Å². The van der Waals surface area contributed by atoms with Crippen LogP contribution in [-0.4, -0.2) is 135 Å². The number of carbonyl (C=O) groups excluding carboxylic acids is 4. The van der Waals surface area contributed by atoms with Gasteiger partial charge in [0.1, 0.15) is 6.04 Å². The summed E-state index contributed by atoms with van der Waals surface area (Å²) in [5.41, 5.74) is 0. The molecule has 45 heavy (non-hydrogen) atoms. The van der Waals surface area contributed by atoms with Crippen molar-refractivity contribution in [2.75, 3.05) is 84.0 Å². The Morgan fingerprint density at radius 2 is 1.07 bits per heavy atom. The summed E-state index contributed by atoms with van der Waals surface area (Å²) in [4.78, 5) is 58.8. The van der Waals surface area contributed by atoms with E-state index in [1.807, 2.05) is 27.7 Å². The fourth-order valence-electron chi connectivity index (χ4n) is 3.28. The van der Waals surface area contributed by atoms with Gasteiger partial charge < -0.3 is 45.3 Å². The Hall–Kier alpha value is -2.11. The van der Waals surface area contributed by atoms with Crippen molar-refractivity contribution in [3.63, 3.8) is 0 Å². The molecule has 0 saturated carbocycles. The fourth-order valence-corrected chi connectivity index (χ4v) is 4.43. The molecule has 0 aromatic carbocycles. The molecule has 0 bridgehead atoms. The van der Waals surface area contributed by atoms with Crippen molar-refractivity contribution in [1.82, 2.24) is 21.3 Å². The molecule has 0 radical (unpaired) electrons. The Labute approximate surface area is 275 Å². The van der Waals surface area contributed by atoms with Crippen molar-refractivity contribution < 1.29 is 48.0 Å². The lowest BCUT2D eigenvalue weighted by Crippen LogP contribution is -2.48. The number of carbonyl (C=O) groups is 5. The predicted octanol–water partition coefficient (Wildman–Crippen LogP) is 0.814. The van der Waals surface area contributed by atoms with Gasteiger partial charge in [-0.2, -0.15) is 0 Å². The van der Waals surface area contributed by atoms with Crippen molar-refractivity contribution in [2.45, 2.75) is 69.9 Å². The molecule has 262 valence electrons. The van der Waals surface area contributed by atoms with Crippen molar-refractivity contribution in [3.05, 3.63) is 0 Å². The summed E-state index contributed by atoms with van der Waals surface area (Å²) in [6.07, 6.45) is 0.701. The van der Waals surface area contributed by atoms with Crippen LogP contribution in [0.1, 0.15) is 53.4 Å². The molecule has 0 aromatic heterocycles. The van der Waals surface area contributed by atoms with E-state index in [0.717, 1.165) is 0 Å². The van der Waals surface area contributed by atoms with E-state index in [2.05, 4.69) is 21.3 Å². The highest BCUT2D eigenvalue weighted by atomic mass is 32.2. The number of carboxylic acid groups (broad SMARTS) is 1. The monoisotopic (exact) mass is 682 g/mol. The minimum atomic E-state index is -1.01. The van der Waals surface area contributed by atoms with Gasteiger partial charge in [0.25, 0.3) is 0 Å². The van der Waals surface area contributed by atoms with E-state index in [0.29, 0.717) is 88.4 Å². The fraction of sp³-hybridized carbons (Fsp3) is 0.828. The summed E-state index contributed by atoms with van der Waals surface area (Å²) in [6.45, 7) is 11.9. The molecule has 14 nitrogen and oxygen atoms in total. The summed E-state index contributed by atoms with van der Waals surface area (Å²) < 4.78 is 21.7. The van der Waals surface area contributed by atoms with Crippen LogP contribution in [0.15, 0.2) is 0 Å². The molecule has 0 aliphatic carbocycles. The maximum Gasteiger partial charge on any atom is 0.303 e. The SMILES string of the molecule is CC(C)SCC(=O)NCCC[C@H](NC(=O)CSC(C)C)C(=O)NCCOCCOCCOCCOCCNC(=O)CCC(=O)O. The highest BCUT2D eigenvalue weighted by Crippen LogP contribution is 2.09. The smallest absolute Gasteiger partial charge is 0.303 e. The Morgan fingerprint density at radius 3 is 1.58 bits per heavy atom. The van der Waals surface area contributed by atoms with E-state index in [1.165, 1.54) is 11.8 Å². The lowest BCUT2D eigenvalue weighted by Gasteiger charge is -2.19. The third kappa shape index (κ3) is 30.3. The summed E-state index contributed by atoms with van der Waals surface area (Å²) in [7, 11) is 0. The molecule has 0 heterocycles. The van der Waals surface area contributed by atoms with Gasteiger partial charge in [-0.05, 0) is 23.3 Å². The average Bonchev–Trinajstić information content (AvgIpc) is 2.98. The number of rotatable bonds is 30. The van der Waals surface area contributed by atoms with Crippen LogP contribution in [-0.2, 0) is 42.9 Å². The van der Waals surface area contributed by atoms with Gasteiger partial charge in [-0.1, -0.05) is 27.7 Å².